The van der Waals surface area contributed by atoms with E-state index in [9.17, 15) is 8.42 Å². The van der Waals surface area contributed by atoms with Crippen LogP contribution in [0.5, 0.6) is 0 Å². The number of anilines is 2. The van der Waals surface area contributed by atoms with Crippen LogP contribution in [0, 0.1) is 5.92 Å². The Labute approximate surface area is 109 Å². The average Bonchev–Trinajstić information content (AvgIpc) is 2.27. The Kier molecular flexibility index (Phi) is 4.59. The number of nitrogen functional groups attached to an aromatic ring is 1. The molecule has 0 heterocycles. The van der Waals surface area contributed by atoms with Crippen molar-refractivity contribution in [2.75, 3.05) is 31.3 Å². The molecule has 0 aliphatic heterocycles. The van der Waals surface area contributed by atoms with Crippen LogP contribution in [0.1, 0.15) is 13.8 Å². The summed E-state index contributed by atoms with van der Waals surface area (Å²) in [7, 11) is -0.235. The van der Waals surface area contributed by atoms with Gasteiger partial charge in [-0.3, -0.25) is 0 Å². The van der Waals surface area contributed by atoms with Gasteiger partial charge < -0.3 is 10.6 Å². The van der Waals surface area contributed by atoms with Crippen LogP contribution < -0.4 is 15.4 Å². The Bertz CT molecular complexity index is 512. The Morgan fingerprint density at radius 1 is 1.39 bits per heavy atom. The first-order valence-corrected chi connectivity index (χ1v) is 7.30. The van der Waals surface area contributed by atoms with Crippen molar-refractivity contribution in [3.05, 3.63) is 18.2 Å². The molecule has 0 spiro atoms. The highest BCUT2D eigenvalue weighted by molar-refractivity contribution is 7.89. The van der Waals surface area contributed by atoms with Gasteiger partial charge in [-0.15, -0.1) is 0 Å². The van der Waals surface area contributed by atoms with Crippen LogP contribution in [0.25, 0.3) is 0 Å². The second-order valence-corrected chi connectivity index (χ2v) is 6.56. The summed E-state index contributed by atoms with van der Waals surface area (Å²) in [5.74, 6) is 0.442. The maximum atomic E-state index is 12.0. The summed E-state index contributed by atoms with van der Waals surface area (Å²) in [6.07, 6.45) is 0. The highest BCUT2D eigenvalue weighted by Gasteiger charge is 2.19. The zero-order chi connectivity index (χ0) is 13.9. The predicted molar refractivity (Wildman–Crippen MR) is 75.2 cm³/mol. The molecule has 1 rings (SSSR count). The van der Waals surface area contributed by atoms with Crippen molar-refractivity contribution in [1.82, 2.24) is 4.72 Å². The molecule has 0 unspecified atom stereocenters. The number of hydrogen-bond donors (Lipinski definition) is 2. The summed E-state index contributed by atoms with van der Waals surface area (Å²) < 4.78 is 26.3. The third kappa shape index (κ3) is 3.36. The minimum atomic E-state index is -3.50. The fraction of sp³-hybridized carbons (Fsp3) is 0.500. The van der Waals surface area contributed by atoms with E-state index >= 15 is 0 Å². The number of rotatable bonds is 5. The number of nitrogens with one attached hydrogen (secondary N) is 1. The van der Waals surface area contributed by atoms with Crippen LogP contribution in [0.2, 0.25) is 0 Å². The molecule has 0 radical (unpaired) electrons. The van der Waals surface area contributed by atoms with Gasteiger partial charge in [0.2, 0.25) is 10.0 Å². The van der Waals surface area contributed by atoms with Crippen LogP contribution in [0.15, 0.2) is 23.1 Å². The quantitative estimate of drug-likeness (QED) is 0.791. The maximum Gasteiger partial charge on any atom is 0.242 e. The van der Waals surface area contributed by atoms with Gasteiger partial charge in [-0.25, -0.2) is 13.1 Å². The first-order chi connectivity index (χ1) is 8.27. The molecule has 0 saturated heterocycles. The number of nitrogens with zero attached hydrogens (tertiary/aromatic N) is 1. The van der Waals surface area contributed by atoms with E-state index in [1.807, 2.05) is 11.9 Å². The summed E-state index contributed by atoms with van der Waals surface area (Å²) in [5.41, 5.74) is 6.76. The maximum absolute atomic E-state index is 12.0. The topological polar surface area (TPSA) is 75.4 Å². The van der Waals surface area contributed by atoms with E-state index < -0.39 is 10.0 Å². The Hall–Kier alpha value is -1.27. The molecular formula is C12H21N3O2S. The van der Waals surface area contributed by atoms with Crippen molar-refractivity contribution in [2.24, 2.45) is 5.92 Å². The van der Waals surface area contributed by atoms with Gasteiger partial charge in [0.25, 0.3) is 0 Å². The van der Waals surface area contributed by atoms with Gasteiger partial charge in [-0.05, 0) is 31.2 Å². The molecule has 0 amide bonds. The van der Waals surface area contributed by atoms with E-state index in [4.69, 9.17) is 5.73 Å². The number of sulfonamides is 1. The molecule has 0 bridgehead atoms. The summed E-state index contributed by atoms with van der Waals surface area (Å²) in [4.78, 5) is 2.14. The van der Waals surface area contributed by atoms with E-state index in [0.717, 1.165) is 6.54 Å². The number of hydrogen-bond acceptors (Lipinski definition) is 4. The smallest absolute Gasteiger partial charge is 0.242 e. The van der Waals surface area contributed by atoms with Crippen molar-refractivity contribution in [1.29, 1.82) is 0 Å². The molecule has 0 aromatic heterocycles. The van der Waals surface area contributed by atoms with E-state index in [2.05, 4.69) is 18.6 Å². The fourth-order valence-corrected chi connectivity index (χ4v) is 2.83. The first-order valence-electron chi connectivity index (χ1n) is 5.82. The molecule has 0 saturated carbocycles. The largest absolute Gasteiger partial charge is 0.399 e. The molecule has 102 valence electrons. The van der Waals surface area contributed by atoms with Crippen molar-refractivity contribution >= 4 is 21.4 Å². The number of benzene rings is 1. The van der Waals surface area contributed by atoms with Gasteiger partial charge in [-0.2, -0.15) is 0 Å². The van der Waals surface area contributed by atoms with Gasteiger partial charge in [0.05, 0.1) is 5.69 Å². The van der Waals surface area contributed by atoms with Crippen LogP contribution in [0.3, 0.4) is 0 Å². The SMILES string of the molecule is CNS(=O)(=O)c1cc(N)ccc1N(C)CC(C)C. The first kappa shape index (κ1) is 14.8. The van der Waals surface area contributed by atoms with E-state index in [1.54, 1.807) is 12.1 Å². The van der Waals surface area contributed by atoms with Gasteiger partial charge in [-0.1, -0.05) is 13.8 Å². The minimum absolute atomic E-state index is 0.216. The average molecular weight is 271 g/mol. The minimum Gasteiger partial charge on any atom is -0.399 e. The molecule has 18 heavy (non-hydrogen) atoms. The van der Waals surface area contributed by atoms with Crippen LogP contribution in [-0.4, -0.2) is 29.1 Å². The molecule has 0 atom stereocenters. The van der Waals surface area contributed by atoms with Gasteiger partial charge >= 0.3 is 0 Å². The second kappa shape index (κ2) is 5.58. The van der Waals surface area contributed by atoms with Gasteiger partial charge in [0.1, 0.15) is 4.90 Å². The van der Waals surface area contributed by atoms with E-state index in [1.165, 1.54) is 13.1 Å². The van der Waals surface area contributed by atoms with Crippen LogP contribution in [-0.2, 0) is 10.0 Å². The Morgan fingerprint density at radius 2 is 2.00 bits per heavy atom. The third-order valence-corrected chi connectivity index (χ3v) is 4.04. The second-order valence-electron chi connectivity index (χ2n) is 4.71. The van der Waals surface area contributed by atoms with Gasteiger partial charge in [0.15, 0.2) is 0 Å². The molecule has 0 aliphatic rings. The monoisotopic (exact) mass is 271 g/mol. The summed E-state index contributed by atoms with van der Waals surface area (Å²) in [6.45, 7) is 4.94. The summed E-state index contributed by atoms with van der Waals surface area (Å²) in [6, 6.07) is 4.93. The zero-order valence-corrected chi connectivity index (χ0v) is 12.1. The van der Waals surface area contributed by atoms with Crippen LogP contribution >= 0.6 is 0 Å². The van der Waals surface area contributed by atoms with Crippen molar-refractivity contribution in [2.45, 2.75) is 18.7 Å². The van der Waals surface area contributed by atoms with Gasteiger partial charge in [0, 0.05) is 19.3 Å². The van der Waals surface area contributed by atoms with Crippen molar-refractivity contribution < 1.29 is 8.42 Å². The summed E-state index contributed by atoms with van der Waals surface area (Å²) >= 11 is 0. The highest BCUT2D eigenvalue weighted by atomic mass is 32.2. The summed E-state index contributed by atoms with van der Waals surface area (Å²) in [5, 5.41) is 0. The standard InChI is InChI=1S/C12H21N3O2S/c1-9(2)8-15(4)11-6-5-10(13)7-12(11)18(16,17)14-3/h5-7,9,14H,8,13H2,1-4H3. The fourth-order valence-electron chi connectivity index (χ4n) is 1.82. The molecule has 0 fully saturated rings. The van der Waals surface area contributed by atoms with Crippen molar-refractivity contribution in [3.8, 4) is 0 Å². The van der Waals surface area contributed by atoms with E-state index in [-0.39, 0.29) is 4.90 Å². The molecule has 0 aliphatic carbocycles. The highest BCUT2D eigenvalue weighted by Crippen LogP contribution is 2.27. The Balaban J connectivity index is 3.28. The molecule has 1 aromatic rings. The predicted octanol–water partition coefficient (Wildman–Crippen LogP) is 1.27. The van der Waals surface area contributed by atoms with Crippen molar-refractivity contribution in [3.63, 3.8) is 0 Å². The normalized spacial score (nSPS) is 11.8. The zero-order valence-electron chi connectivity index (χ0n) is 11.3. The lowest BCUT2D eigenvalue weighted by Crippen LogP contribution is -2.27. The molecular weight excluding hydrogens is 250 g/mol. The van der Waals surface area contributed by atoms with Crippen LogP contribution in [0.4, 0.5) is 11.4 Å². The molecule has 6 heteroatoms. The third-order valence-electron chi connectivity index (χ3n) is 2.59. The lowest BCUT2D eigenvalue weighted by molar-refractivity contribution is 0.586. The molecule has 3 N–H and O–H groups in total. The lowest BCUT2D eigenvalue weighted by Gasteiger charge is -2.24. The lowest BCUT2D eigenvalue weighted by atomic mass is 10.2. The van der Waals surface area contributed by atoms with E-state index in [0.29, 0.717) is 17.3 Å². The molecule has 5 nitrogen and oxygen atoms in total. The number of nitrogens with two attached hydrogens (primary N) is 1. The molecule has 1 aromatic carbocycles. The Morgan fingerprint density at radius 3 is 2.50 bits per heavy atom.